The Morgan fingerprint density at radius 3 is 2.72 bits per heavy atom. The van der Waals surface area contributed by atoms with Crippen LogP contribution in [-0.2, 0) is 19.4 Å². The first kappa shape index (κ1) is 18.4. The number of amidine groups is 1. The van der Waals surface area contributed by atoms with Crippen molar-refractivity contribution in [2.45, 2.75) is 44.2 Å². The molecule has 0 radical (unpaired) electrons. The normalized spacial score (nSPS) is 28.7. The first-order valence-electron chi connectivity index (χ1n) is 8.49. The van der Waals surface area contributed by atoms with E-state index in [-0.39, 0.29) is 6.04 Å². The second-order valence-electron chi connectivity index (χ2n) is 6.66. The summed E-state index contributed by atoms with van der Waals surface area (Å²) in [4.78, 5) is 18.2. The van der Waals surface area contributed by atoms with Crippen molar-refractivity contribution in [3.63, 3.8) is 0 Å². The second kappa shape index (κ2) is 7.44. The van der Waals surface area contributed by atoms with Crippen molar-refractivity contribution in [2.24, 2.45) is 16.6 Å². The quantitative estimate of drug-likeness (QED) is 0.383. The van der Waals surface area contributed by atoms with Crippen LogP contribution in [0.5, 0.6) is 0 Å². The molecule has 3 N–H and O–H groups in total. The van der Waals surface area contributed by atoms with Crippen molar-refractivity contribution in [1.29, 1.82) is 0 Å². The molecule has 3 rings (SSSR count). The molecule has 0 saturated carbocycles. The molecule has 11 heteroatoms. The summed E-state index contributed by atoms with van der Waals surface area (Å²) in [6.07, 6.45) is 4.11. The molecule has 0 spiro atoms. The Hall–Kier alpha value is -1.43. The highest BCUT2D eigenvalue weighted by molar-refractivity contribution is 7.80. The number of nitrogens with zero attached hydrogens (tertiary/aromatic N) is 3. The first-order chi connectivity index (χ1) is 11.8. The van der Waals surface area contributed by atoms with Gasteiger partial charge in [0.05, 0.1) is 12.1 Å². The van der Waals surface area contributed by atoms with E-state index in [0.29, 0.717) is 42.7 Å². The highest BCUT2D eigenvalue weighted by Crippen LogP contribution is 2.30. The lowest BCUT2D eigenvalue weighted by atomic mass is 9.96. The van der Waals surface area contributed by atoms with Gasteiger partial charge in [-0.25, -0.2) is 4.79 Å². The lowest BCUT2D eigenvalue weighted by Gasteiger charge is -2.30. The van der Waals surface area contributed by atoms with Crippen LogP contribution in [0.1, 0.15) is 32.1 Å². The van der Waals surface area contributed by atoms with Crippen LogP contribution < -0.4 is 5.73 Å². The average molecular weight is 376 g/mol. The summed E-state index contributed by atoms with van der Waals surface area (Å²) in [5, 5.41) is 0.713. The number of rotatable bonds is 6. The van der Waals surface area contributed by atoms with Gasteiger partial charge in [-0.15, -0.1) is 4.28 Å². The van der Waals surface area contributed by atoms with Gasteiger partial charge in [-0.3, -0.25) is 9.55 Å². The molecule has 0 aromatic heterocycles. The minimum absolute atomic E-state index is 0.301. The van der Waals surface area contributed by atoms with Crippen molar-refractivity contribution >= 4 is 22.3 Å². The maximum Gasteiger partial charge on any atom is 0.418 e. The van der Waals surface area contributed by atoms with E-state index in [4.69, 9.17) is 15.0 Å². The van der Waals surface area contributed by atoms with Crippen LogP contribution in [0.2, 0.25) is 0 Å². The van der Waals surface area contributed by atoms with Gasteiger partial charge in [0.25, 0.3) is 0 Å². The molecule has 0 aromatic carbocycles. The van der Waals surface area contributed by atoms with Crippen LogP contribution in [0.15, 0.2) is 4.99 Å². The van der Waals surface area contributed by atoms with Crippen molar-refractivity contribution in [1.82, 2.24) is 9.96 Å². The molecular formula is C14H24N4O6S. The Morgan fingerprint density at radius 2 is 2.04 bits per heavy atom. The van der Waals surface area contributed by atoms with E-state index in [9.17, 15) is 13.2 Å². The van der Waals surface area contributed by atoms with Crippen molar-refractivity contribution in [2.75, 3.05) is 26.3 Å². The zero-order valence-corrected chi connectivity index (χ0v) is 14.7. The van der Waals surface area contributed by atoms with Gasteiger partial charge in [0.15, 0.2) is 0 Å². The van der Waals surface area contributed by atoms with E-state index < -0.39 is 22.5 Å². The Balaban J connectivity index is 1.58. The van der Waals surface area contributed by atoms with Crippen LogP contribution in [-0.4, -0.2) is 73.2 Å². The van der Waals surface area contributed by atoms with E-state index in [1.807, 2.05) is 0 Å². The van der Waals surface area contributed by atoms with Crippen molar-refractivity contribution in [3.8, 4) is 0 Å². The molecule has 3 aliphatic heterocycles. The van der Waals surface area contributed by atoms with Gasteiger partial charge in [0.2, 0.25) is 0 Å². The summed E-state index contributed by atoms with van der Waals surface area (Å²) in [6.45, 7) is 2.48. The Morgan fingerprint density at radius 1 is 1.32 bits per heavy atom. The number of carbonyl (C=O) groups excluding carboxylic acids is 1. The van der Waals surface area contributed by atoms with E-state index in [2.05, 4.69) is 9.28 Å². The molecule has 0 aliphatic carbocycles. The number of hydrogen-bond acceptors (Lipinski definition) is 6. The molecule has 2 amide bonds. The first-order valence-corrected chi connectivity index (χ1v) is 9.86. The zero-order valence-electron chi connectivity index (χ0n) is 13.9. The zero-order chi connectivity index (χ0) is 18.0. The lowest BCUT2D eigenvalue weighted by molar-refractivity contribution is -0.0316. The third-order valence-electron chi connectivity index (χ3n) is 5.01. The fourth-order valence-electron chi connectivity index (χ4n) is 3.66. The number of piperidine rings is 1. The summed E-state index contributed by atoms with van der Waals surface area (Å²) in [7, 11) is -4.74. The Labute approximate surface area is 146 Å². The number of hydroxylamine groups is 2. The number of urea groups is 1. The smallest absolute Gasteiger partial charge is 0.386 e. The van der Waals surface area contributed by atoms with Gasteiger partial charge < -0.3 is 15.4 Å². The fraction of sp³-hybridized carbons (Fsp3) is 0.857. The van der Waals surface area contributed by atoms with E-state index >= 15 is 0 Å². The van der Waals surface area contributed by atoms with Crippen LogP contribution >= 0.6 is 0 Å². The molecule has 2 atom stereocenters. The van der Waals surface area contributed by atoms with Crippen molar-refractivity contribution in [3.05, 3.63) is 0 Å². The van der Waals surface area contributed by atoms with Crippen LogP contribution in [0.3, 0.4) is 0 Å². The number of carbonyl (C=O) groups is 1. The number of aliphatic imine (C=N–C) groups is 1. The van der Waals surface area contributed by atoms with E-state index in [1.165, 1.54) is 4.90 Å². The SMILES string of the molecule is NC(=NCCC1CCOCC1)[C@@H]1CC[C@@H]2CN1C(=O)N2OS(=O)(=O)O. The number of amides is 2. The average Bonchev–Trinajstić information content (AvgIpc) is 2.79. The minimum Gasteiger partial charge on any atom is -0.386 e. The molecule has 10 nitrogen and oxygen atoms in total. The standard InChI is InChI=1S/C14H24N4O6S/c15-13(16-6-3-10-4-7-23-8-5-10)12-2-1-11-9-17(12)14(19)18(11)24-25(20,21)22/h10-12H,1-9H2,(H2,15,16)(H,20,21,22)/t11-,12+/m1/s1. The van der Waals surface area contributed by atoms with Crippen LogP contribution in [0.4, 0.5) is 4.79 Å². The third kappa shape index (κ3) is 4.40. The molecule has 2 bridgehead atoms. The molecule has 142 valence electrons. The molecule has 3 aliphatic rings. The molecular weight excluding hydrogens is 352 g/mol. The Kier molecular flexibility index (Phi) is 5.46. The molecule has 0 aromatic rings. The third-order valence-corrected chi connectivity index (χ3v) is 5.36. The van der Waals surface area contributed by atoms with E-state index in [1.54, 1.807) is 0 Å². The largest absolute Gasteiger partial charge is 0.418 e. The topological polar surface area (TPSA) is 135 Å². The maximum absolute atomic E-state index is 12.3. The second-order valence-corrected chi connectivity index (χ2v) is 7.67. The lowest BCUT2D eigenvalue weighted by Crippen LogP contribution is -2.48. The molecule has 0 unspecified atom stereocenters. The number of fused-ring (bicyclic) bond motifs is 2. The summed E-state index contributed by atoms with van der Waals surface area (Å²) < 4.78 is 40.3. The minimum atomic E-state index is -4.74. The predicted molar refractivity (Wildman–Crippen MR) is 88.0 cm³/mol. The number of ether oxygens (including phenoxy) is 1. The van der Waals surface area contributed by atoms with Crippen LogP contribution in [0.25, 0.3) is 0 Å². The highest BCUT2D eigenvalue weighted by atomic mass is 32.3. The summed E-state index contributed by atoms with van der Waals surface area (Å²) in [6, 6.07) is -1.40. The van der Waals surface area contributed by atoms with Crippen LogP contribution in [0, 0.1) is 5.92 Å². The molecule has 3 saturated heterocycles. The van der Waals surface area contributed by atoms with Crippen molar-refractivity contribution < 1.29 is 26.8 Å². The fourth-order valence-corrected chi connectivity index (χ4v) is 4.04. The van der Waals surface area contributed by atoms with Gasteiger partial charge in [-0.1, -0.05) is 0 Å². The maximum atomic E-state index is 12.3. The van der Waals surface area contributed by atoms with Gasteiger partial charge in [-0.05, 0) is 38.0 Å². The molecule has 25 heavy (non-hydrogen) atoms. The summed E-state index contributed by atoms with van der Waals surface area (Å²) >= 11 is 0. The van der Waals surface area contributed by atoms with Gasteiger partial charge in [-0.2, -0.15) is 13.5 Å². The predicted octanol–water partition coefficient (Wildman–Crippen LogP) is 0.163. The van der Waals surface area contributed by atoms with Gasteiger partial charge >= 0.3 is 16.4 Å². The summed E-state index contributed by atoms with van der Waals surface area (Å²) in [5.74, 6) is 0.973. The summed E-state index contributed by atoms with van der Waals surface area (Å²) in [5.41, 5.74) is 6.09. The monoisotopic (exact) mass is 376 g/mol. The van der Waals surface area contributed by atoms with E-state index in [0.717, 1.165) is 32.5 Å². The Bertz CT molecular complexity index is 633. The highest BCUT2D eigenvalue weighted by Gasteiger charge is 2.48. The molecule has 3 fully saturated rings. The molecule has 3 heterocycles. The number of hydrogen-bond donors (Lipinski definition) is 2. The number of nitrogens with two attached hydrogens (primary N) is 1. The van der Waals surface area contributed by atoms with Gasteiger partial charge in [0, 0.05) is 26.3 Å². The van der Waals surface area contributed by atoms with Gasteiger partial charge in [0.1, 0.15) is 5.84 Å².